The van der Waals surface area contributed by atoms with Crippen molar-refractivity contribution >= 4 is 23.3 Å². The number of methoxy groups -OCH3 is 1. The molecule has 0 radical (unpaired) electrons. The molecule has 0 bridgehead atoms. The van der Waals surface area contributed by atoms with Crippen LogP contribution in [-0.4, -0.2) is 13.1 Å². The number of halogens is 1. The van der Waals surface area contributed by atoms with Crippen molar-refractivity contribution in [3.63, 3.8) is 0 Å². The lowest BCUT2D eigenvalue weighted by Gasteiger charge is -2.16. The highest BCUT2D eigenvalue weighted by Gasteiger charge is 2.15. The Bertz CT molecular complexity index is 581. The van der Waals surface area contributed by atoms with Crippen molar-refractivity contribution in [2.24, 2.45) is 0 Å². The second-order valence-electron chi connectivity index (χ2n) is 4.31. The van der Waals surface area contributed by atoms with E-state index < -0.39 is 5.97 Å². The van der Waals surface area contributed by atoms with E-state index in [1.54, 1.807) is 18.4 Å². The molecule has 0 aliphatic rings. The van der Waals surface area contributed by atoms with Crippen molar-refractivity contribution in [2.75, 3.05) is 12.4 Å². The second kappa shape index (κ2) is 6.48. The number of esters is 1. The molecule has 0 aliphatic heterocycles. The molecule has 0 saturated heterocycles. The summed E-state index contributed by atoms with van der Waals surface area (Å²) in [5.41, 5.74) is 1.13. The number of carbonyl (C=O) groups excluding carboxylic acids is 1. The monoisotopic (exact) mass is 293 g/mol. The molecule has 1 heterocycles. The van der Waals surface area contributed by atoms with Crippen LogP contribution in [0.5, 0.6) is 0 Å². The molecule has 20 heavy (non-hydrogen) atoms. The number of carbonyl (C=O) groups is 1. The van der Waals surface area contributed by atoms with Gasteiger partial charge in [0.05, 0.1) is 30.0 Å². The maximum Gasteiger partial charge on any atom is 0.339 e. The summed E-state index contributed by atoms with van der Waals surface area (Å²) in [4.78, 5) is 11.6. The zero-order valence-electron chi connectivity index (χ0n) is 11.4. The van der Waals surface area contributed by atoms with Crippen molar-refractivity contribution in [3.05, 3.63) is 52.9 Å². The zero-order chi connectivity index (χ0) is 14.5. The predicted molar refractivity (Wildman–Crippen MR) is 78.2 cm³/mol. The molecule has 2 aromatic rings. The van der Waals surface area contributed by atoms with Crippen molar-refractivity contribution in [3.8, 4) is 0 Å². The lowest BCUT2D eigenvalue weighted by Crippen LogP contribution is -2.10. The topological polar surface area (TPSA) is 51.5 Å². The van der Waals surface area contributed by atoms with Crippen LogP contribution in [0.15, 0.2) is 41.0 Å². The minimum Gasteiger partial charge on any atom is -0.467 e. The summed E-state index contributed by atoms with van der Waals surface area (Å²) in [5, 5.41) is 3.69. The van der Waals surface area contributed by atoms with Gasteiger partial charge in [0.1, 0.15) is 5.76 Å². The third kappa shape index (κ3) is 3.14. The Hall–Kier alpha value is -1.94. The molecular formula is C15H16ClNO3. The number of hydrogen-bond acceptors (Lipinski definition) is 4. The lowest BCUT2D eigenvalue weighted by molar-refractivity contribution is 0.0601. The molecule has 0 fully saturated rings. The summed E-state index contributed by atoms with van der Waals surface area (Å²) in [6.45, 7) is 2.05. The molecular weight excluding hydrogens is 278 g/mol. The second-order valence-corrected chi connectivity index (χ2v) is 4.71. The van der Waals surface area contributed by atoms with Crippen LogP contribution in [0.25, 0.3) is 0 Å². The Kier molecular flexibility index (Phi) is 4.69. The smallest absolute Gasteiger partial charge is 0.339 e. The highest BCUT2D eigenvalue weighted by atomic mass is 35.5. The van der Waals surface area contributed by atoms with Crippen molar-refractivity contribution in [2.45, 2.75) is 19.4 Å². The van der Waals surface area contributed by atoms with E-state index in [2.05, 4.69) is 12.2 Å². The van der Waals surface area contributed by atoms with E-state index in [9.17, 15) is 4.79 Å². The Morgan fingerprint density at radius 1 is 1.45 bits per heavy atom. The normalized spacial score (nSPS) is 11.9. The fourth-order valence-electron chi connectivity index (χ4n) is 1.95. The predicted octanol–water partition coefficient (Wildman–Crippen LogP) is 4.28. The van der Waals surface area contributed by atoms with Gasteiger partial charge in [-0.25, -0.2) is 4.79 Å². The van der Waals surface area contributed by atoms with Gasteiger partial charge in [0.15, 0.2) is 0 Å². The van der Waals surface area contributed by atoms with Crippen LogP contribution in [0.1, 0.15) is 35.5 Å². The third-order valence-corrected chi connectivity index (χ3v) is 3.34. The number of rotatable bonds is 5. The minimum absolute atomic E-state index is 0.0386. The summed E-state index contributed by atoms with van der Waals surface area (Å²) in [7, 11) is 1.33. The van der Waals surface area contributed by atoms with Gasteiger partial charge in [-0.15, -0.1) is 0 Å². The van der Waals surface area contributed by atoms with Gasteiger partial charge >= 0.3 is 5.97 Å². The van der Waals surface area contributed by atoms with Gasteiger partial charge in [0, 0.05) is 5.69 Å². The fourth-order valence-corrected chi connectivity index (χ4v) is 2.14. The first-order valence-electron chi connectivity index (χ1n) is 6.33. The molecule has 0 amide bonds. The van der Waals surface area contributed by atoms with Gasteiger partial charge in [-0.2, -0.15) is 0 Å². The Balaban J connectivity index is 2.23. The average molecular weight is 294 g/mol. The van der Waals surface area contributed by atoms with E-state index in [4.69, 9.17) is 20.8 Å². The van der Waals surface area contributed by atoms with Crippen LogP contribution in [-0.2, 0) is 4.74 Å². The number of ether oxygens (including phenoxy) is 1. The molecule has 0 aliphatic carbocycles. The Morgan fingerprint density at radius 3 is 2.85 bits per heavy atom. The molecule has 0 saturated carbocycles. The molecule has 5 heteroatoms. The molecule has 1 atom stereocenters. The number of nitrogens with one attached hydrogen (secondary N) is 1. The molecule has 1 unspecified atom stereocenters. The number of hydrogen-bond donors (Lipinski definition) is 1. The quantitative estimate of drug-likeness (QED) is 0.836. The summed E-state index contributed by atoms with van der Waals surface area (Å²) in [5.74, 6) is 0.395. The van der Waals surface area contributed by atoms with Crippen LogP contribution in [0.4, 0.5) is 5.69 Å². The van der Waals surface area contributed by atoms with Gasteiger partial charge < -0.3 is 14.5 Å². The standard InChI is InChI=1S/C15H16ClNO3/c1-3-13(14-5-4-8-20-14)17-10-6-7-12(16)11(9-10)15(18)19-2/h4-9,13,17H,3H2,1-2H3. The molecule has 1 N–H and O–H groups in total. The maximum absolute atomic E-state index is 11.6. The van der Waals surface area contributed by atoms with Crippen molar-refractivity contribution < 1.29 is 13.9 Å². The van der Waals surface area contributed by atoms with Gasteiger partial charge in [0.2, 0.25) is 0 Å². The number of anilines is 1. The van der Waals surface area contributed by atoms with E-state index in [1.165, 1.54) is 7.11 Å². The lowest BCUT2D eigenvalue weighted by atomic mass is 10.1. The minimum atomic E-state index is -0.454. The summed E-state index contributed by atoms with van der Waals surface area (Å²) in [6.07, 6.45) is 2.49. The fraction of sp³-hybridized carbons (Fsp3) is 0.267. The van der Waals surface area contributed by atoms with Crippen LogP contribution in [0.3, 0.4) is 0 Å². The summed E-state index contributed by atoms with van der Waals surface area (Å²) >= 11 is 5.99. The van der Waals surface area contributed by atoms with Gasteiger partial charge in [-0.3, -0.25) is 0 Å². The molecule has 1 aromatic carbocycles. The van der Waals surface area contributed by atoms with Gasteiger partial charge in [-0.05, 0) is 36.8 Å². The average Bonchev–Trinajstić information content (AvgIpc) is 2.99. The van der Waals surface area contributed by atoms with E-state index in [0.717, 1.165) is 17.9 Å². The molecule has 0 spiro atoms. The van der Waals surface area contributed by atoms with Crippen molar-refractivity contribution in [1.82, 2.24) is 0 Å². The Labute approximate surface area is 122 Å². The first kappa shape index (κ1) is 14.5. The van der Waals surface area contributed by atoms with E-state index in [1.807, 2.05) is 18.2 Å². The van der Waals surface area contributed by atoms with Gasteiger partial charge in [-0.1, -0.05) is 18.5 Å². The van der Waals surface area contributed by atoms with Crippen LogP contribution < -0.4 is 5.32 Å². The number of furan rings is 1. The first-order chi connectivity index (χ1) is 9.65. The van der Waals surface area contributed by atoms with Crippen LogP contribution in [0, 0.1) is 0 Å². The van der Waals surface area contributed by atoms with Crippen LogP contribution in [0.2, 0.25) is 5.02 Å². The van der Waals surface area contributed by atoms with Crippen molar-refractivity contribution in [1.29, 1.82) is 0 Å². The summed E-state index contributed by atoms with van der Waals surface area (Å²) in [6, 6.07) is 8.97. The zero-order valence-corrected chi connectivity index (χ0v) is 12.1. The van der Waals surface area contributed by atoms with E-state index in [-0.39, 0.29) is 6.04 Å². The summed E-state index contributed by atoms with van der Waals surface area (Å²) < 4.78 is 10.1. The molecule has 4 nitrogen and oxygen atoms in total. The number of benzene rings is 1. The van der Waals surface area contributed by atoms with E-state index in [0.29, 0.717) is 10.6 Å². The van der Waals surface area contributed by atoms with Crippen LogP contribution >= 0.6 is 11.6 Å². The molecule has 106 valence electrons. The van der Waals surface area contributed by atoms with E-state index >= 15 is 0 Å². The maximum atomic E-state index is 11.6. The largest absolute Gasteiger partial charge is 0.467 e. The highest BCUT2D eigenvalue weighted by Crippen LogP contribution is 2.26. The molecule has 2 rings (SSSR count). The van der Waals surface area contributed by atoms with Gasteiger partial charge in [0.25, 0.3) is 0 Å². The highest BCUT2D eigenvalue weighted by molar-refractivity contribution is 6.33. The SMILES string of the molecule is CCC(Nc1ccc(Cl)c(C(=O)OC)c1)c1ccco1. The third-order valence-electron chi connectivity index (χ3n) is 3.01. The Morgan fingerprint density at radius 2 is 2.25 bits per heavy atom. The first-order valence-corrected chi connectivity index (χ1v) is 6.71. The molecule has 1 aromatic heterocycles.